The third-order valence-corrected chi connectivity index (χ3v) is 17.7. The van der Waals surface area contributed by atoms with Crippen LogP contribution in [0.3, 0.4) is 0 Å². The fraction of sp³-hybridized carbons (Fsp3) is 0.241. The van der Waals surface area contributed by atoms with Crippen LogP contribution in [-0.4, -0.2) is 4.57 Å². The Labute approximate surface area is 482 Å². The average molecular weight is 1060 g/mol. The molecule has 12 rings (SSSR count). The number of hydrogen-bond donors (Lipinski definition) is 0. The Morgan fingerprint density at radius 2 is 0.691 bits per heavy atom. The number of benzene rings is 10. The Morgan fingerprint density at radius 3 is 1.21 bits per heavy atom. The summed E-state index contributed by atoms with van der Waals surface area (Å²) in [7, 11) is 0. The number of anilines is 3. The molecule has 0 N–H and O–H groups in total. The number of nitrogens with zero attached hydrogens (tertiary/aromatic N) is 2. The van der Waals surface area contributed by atoms with Crippen LogP contribution in [0.5, 0.6) is 0 Å². The van der Waals surface area contributed by atoms with Gasteiger partial charge in [-0.05, 0) is 172 Å². The Kier molecular flexibility index (Phi) is 16.0. The van der Waals surface area contributed by atoms with Crippen LogP contribution in [0.1, 0.15) is 126 Å². The first kappa shape index (κ1) is 53.4. The highest BCUT2D eigenvalue weighted by atomic mass is 15.1. The van der Waals surface area contributed by atoms with E-state index in [1.165, 1.54) is 178 Å². The van der Waals surface area contributed by atoms with Crippen molar-refractivity contribution < 1.29 is 0 Å². The van der Waals surface area contributed by atoms with E-state index in [2.05, 4.69) is 268 Å². The third kappa shape index (κ3) is 11.1. The lowest BCUT2D eigenvalue weighted by Gasteiger charge is -2.33. The van der Waals surface area contributed by atoms with Crippen LogP contribution >= 0.6 is 0 Å². The molecular formula is C79H78N2. The van der Waals surface area contributed by atoms with Gasteiger partial charge in [-0.1, -0.05) is 254 Å². The van der Waals surface area contributed by atoms with E-state index in [4.69, 9.17) is 0 Å². The van der Waals surface area contributed by atoms with Gasteiger partial charge in [0.2, 0.25) is 0 Å². The van der Waals surface area contributed by atoms with Gasteiger partial charge in [-0.25, -0.2) is 0 Å². The summed E-state index contributed by atoms with van der Waals surface area (Å²) < 4.78 is 2.47. The maximum absolute atomic E-state index is 2.62. The van der Waals surface area contributed by atoms with Crippen LogP contribution in [0, 0.1) is 13.8 Å². The number of aryl methyl sites for hydroxylation is 2. The van der Waals surface area contributed by atoms with Gasteiger partial charge < -0.3 is 9.47 Å². The van der Waals surface area contributed by atoms with Crippen LogP contribution in [0.25, 0.3) is 83.1 Å². The predicted octanol–water partition coefficient (Wildman–Crippen LogP) is 23.3. The molecule has 2 nitrogen and oxygen atoms in total. The summed E-state index contributed by atoms with van der Waals surface area (Å²) in [6.07, 6.45) is 18.3. The van der Waals surface area contributed by atoms with E-state index < -0.39 is 0 Å². The van der Waals surface area contributed by atoms with Crippen LogP contribution in [0.15, 0.2) is 231 Å². The number of aromatic nitrogens is 1. The number of rotatable bonds is 22. The second-order valence-corrected chi connectivity index (χ2v) is 23.3. The van der Waals surface area contributed by atoms with Crippen LogP contribution in [0.4, 0.5) is 17.1 Å². The quantitative estimate of drug-likeness (QED) is 0.0614. The molecule has 0 unspecified atom stereocenters. The fourth-order valence-corrected chi connectivity index (χ4v) is 13.4. The molecule has 1 aromatic heterocycles. The molecule has 81 heavy (non-hydrogen) atoms. The zero-order chi connectivity index (χ0) is 55.1. The van der Waals surface area contributed by atoms with Crippen LogP contribution in [-0.2, 0) is 5.41 Å². The van der Waals surface area contributed by atoms with Gasteiger partial charge in [0, 0.05) is 38.9 Å². The minimum atomic E-state index is 0.0415. The lowest BCUT2D eigenvalue weighted by atomic mass is 9.70. The Bertz CT molecular complexity index is 3780. The van der Waals surface area contributed by atoms with Crippen molar-refractivity contribution in [3.8, 4) is 61.3 Å². The first-order chi connectivity index (χ1) is 39.9. The van der Waals surface area contributed by atoms with Crippen molar-refractivity contribution >= 4 is 38.9 Å². The first-order valence-electron chi connectivity index (χ1n) is 30.5. The summed E-state index contributed by atoms with van der Waals surface area (Å²) in [5.41, 5.74) is 25.5. The Balaban J connectivity index is 0.854. The third-order valence-electron chi connectivity index (χ3n) is 17.7. The van der Waals surface area contributed by atoms with Gasteiger partial charge in [0.05, 0.1) is 11.0 Å². The van der Waals surface area contributed by atoms with E-state index in [1.807, 2.05) is 0 Å². The summed E-state index contributed by atoms with van der Waals surface area (Å²) in [6.45, 7) is 9.17. The summed E-state index contributed by atoms with van der Waals surface area (Å²) in [4.78, 5) is 2.36. The Hall–Kier alpha value is -8.20. The highest BCUT2D eigenvalue weighted by Crippen LogP contribution is 2.55. The smallest absolute Gasteiger partial charge is 0.0541 e. The van der Waals surface area contributed by atoms with Gasteiger partial charge in [-0.2, -0.15) is 0 Å². The zero-order valence-electron chi connectivity index (χ0n) is 48.2. The molecule has 0 bridgehead atoms. The monoisotopic (exact) mass is 1050 g/mol. The molecule has 0 saturated heterocycles. The van der Waals surface area contributed by atoms with E-state index in [-0.39, 0.29) is 5.41 Å². The summed E-state index contributed by atoms with van der Waals surface area (Å²) in [5, 5.41) is 2.59. The molecule has 404 valence electrons. The van der Waals surface area contributed by atoms with Gasteiger partial charge in [-0.15, -0.1) is 0 Å². The second kappa shape index (κ2) is 24.3. The number of unbranched alkanes of at least 4 members (excludes halogenated alkanes) is 10. The SMILES string of the molecule is CCCCCCCCC1(CCCCCCCC)c2cc(C)ccc2-c2ccc(-c3ccc4c(c3)c3cc(C)ccc3n4-c3ccc(-c4ccc(N(c5ccc(-c6ccccc6)cc5)c5ccc(-c6ccccc6)cc5)cc4)cc3)cc21. The second-order valence-electron chi connectivity index (χ2n) is 23.3. The minimum absolute atomic E-state index is 0.0415. The van der Waals surface area contributed by atoms with Gasteiger partial charge in [0.25, 0.3) is 0 Å². The van der Waals surface area contributed by atoms with Crippen molar-refractivity contribution in [2.24, 2.45) is 0 Å². The zero-order valence-corrected chi connectivity index (χ0v) is 48.2. The lowest BCUT2D eigenvalue weighted by molar-refractivity contribution is 0.398. The lowest BCUT2D eigenvalue weighted by Crippen LogP contribution is -2.25. The van der Waals surface area contributed by atoms with Gasteiger partial charge in [-0.3, -0.25) is 0 Å². The van der Waals surface area contributed by atoms with Crippen molar-refractivity contribution in [1.29, 1.82) is 0 Å². The van der Waals surface area contributed by atoms with Crippen LogP contribution < -0.4 is 4.90 Å². The maximum Gasteiger partial charge on any atom is 0.0541 e. The van der Waals surface area contributed by atoms with Crippen molar-refractivity contribution in [2.45, 2.75) is 123 Å². The van der Waals surface area contributed by atoms with Crippen molar-refractivity contribution in [3.63, 3.8) is 0 Å². The number of hydrogen-bond acceptors (Lipinski definition) is 1. The van der Waals surface area contributed by atoms with Gasteiger partial charge in [0.1, 0.15) is 0 Å². The minimum Gasteiger partial charge on any atom is -0.311 e. The van der Waals surface area contributed by atoms with E-state index >= 15 is 0 Å². The van der Waals surface area contributed by atoms with E-state index in [9.17, 15) is 0 Å². The molecule has 0 fully saturated rings. The van der Waals surface area contributed by atoms with Gasteiger partial charge in [0.15, 0.2) is 0 Å². The average Bonchev–Trinajstić information content (AvgIpc) is 4.19. The topological polar surface area (TPSA) is 8.17 Å². The summed E-state index contributed by atoms with van der Waals surface area (Å²) in [6, 6.07) is 86.4. The predicted molar refractivity (Wildman–Crippen MR) is 349 cm³/mol. The maximum atomic E-state index is 2.62. The highest BCUT2D eigenvalue weighted by Gasteiger charge is 2.42. The molecule has 11 aromatic rings. The molecule has 10 aromatic carbocycles. The van der Waals surface area contributed by atoms with Crippen molar-refractivity contribution in [1.82, 2.24) is 4.57 Å². The molecule has 0 saturated carbocycles. The molecule has 1 aliphatic carbocycles. The number of fused-ring (bicyclic) bond motifs is 6. The van der Waals surface area contributed by atoms with Gasteiger partial charge >= 0.3 is 0 Å². The molecular weight excluding hydrogens is 977 g/mol. The fourth-order valence-electron chi connectivity index (χ4n) is 13.4. The van der Waals surface area contributed by atoms with E-state index in [0.29, 0.717) is 0 Å². The van der Waals surface area contributed by atoms with E-state index in [0.717, 1.165) is 22.7 Å². The molecule has 0 atom stereocenters. The molecule has 0 aliphatic heterocycles. The highest BCUT2D eigenvalue weighted by molar-refractivity contribution is 6.11. The normalized spacial score (nSPS) is 12.5. The molecule has 0 radical (unpaired) electrons. The molecule has 1 heterocycles. The molecule has 0 amide bonds. The standard InChI is InChI=1S/C79H78N2/c1-5-7-9-11-13-21-51-79(52-22-14-12-10-8-6-2)75-54-58(4)27-47-71(75)72-48-37-66(56-76(72)79)65-38-50-78-74(55-65)73-53-57(3)28-49-77(73)81(78)70-45-35-64(36-46-70)63-33-43-69(44-34-63)80(67-39-29-61(30-40-67)59-23-17-15-18-24-59)68-41-31-62(32-42-68)60-25-19-16-20-26-60/h15-20,23-50,53-56H,5-14,21-22,51-52H2,1-4H3. The summed E-state index contributed by atoms with van der Waals surface area (Å²) in [5.74, 6) is 0. The van der Waals surface area contributed by atoms with Crippen molar-refractivity contribution in [2.75, 3.05) is 4.90 Å². The van der Waals surface area contributed by atoms with E-state index in [1.54, 1.807) is 11.1 Å². The van der Waals surface area contributed by atoms with Crippen LogP contribution in [0.2, 0.25) is 0 Å². The largest absolute Gasteiger partial charge is 0.311 e. The summed E-state index contributed by atoms with van der Waals surface area (Å²) >= 11 is 0. The Morgan fingerprint density at radius 1 is 0.321 bits per heavy atom. The molecule has 0 spiro atoms. The van der Waals surface area contributed by atoms with Crippen molar-refractivity contribution in [3.05, 3.63) is 253 Å². The first-order valence-corrected chi connectivity index (χ1v) is 30.5. The molecule has 1 aliphatic rings. The molecule has 2 heteroatoms.